The molecule has 104 heavy (non-hydrogen) atoms. The van der Waals surface area contributed by atoms with Crippen LogP contribution in [0.5, 0.6) is 0 Å². The van der Waals surface area contributed by atoms with E-state index in [0.29, 0.717) is 19.3 Å². The van der Waals surface area contributed by atoms with Crippen LogP contribution in [0.15, 0.2) is 134 Å². The van der Waals surface area contributed by atoms with Gasteiger partial charge in [0.25, 0.3) is 0 Å². The molecule has 17 unspecified atom stereocenters. The Balaban J connectivity index is 1.42. The summed E-state index contributed by atoms with van der Waals surface area (Å²) in [6, 6.07) is -1.03. The van der Waals surface area contributed by atoms with Crippen molar-refractivity contribution in [3.05, 3.63) is 134 Å². The number of aliphatic hydroxyl groups is 11. The van der Waals surface area contributed by atoms with Crippen LogP contribution in [0.1, 0.15) is 264 Å². The highest BCUT2D eigenvalue weighted by molar-refractivity contribution is 5.76. The number of nitrogens with one attached hydrogen (secondary N) is 1. The Morgan fingerprint density at radius 3 is 1.08 bits per heavy atom. The molecule has 19 nitrogen and oxygen atoms in total. The van der Waals surface area contributed by atoms with Crippen molar-refractivity contribution >= 4 is 5.91 Å². The second kappa shape index (κ2) is 63.8. The van der Waals surface area contributed by atoms with Crippen LogP contribution in [-0.2, 0) is 33.2 Å². The molecule has 0 bridgehead atoms. The lowest BCUT2D eigenvalue weighted by atomic mass is 9.96. The maximum absolute atomic E-state index is 13.4. The summed E-state index contributed by atoms with van der Waals surface area (Å²) in [7, 11) is 0. The zero-order valence-electron chi connectivity index (χ0n) is 63.7. The van der Waals surface area contributed by atoms with Gasteiger partial charge in [-0.3, -0.25) is 4.79 Å². The molecule has 0 aromatic carbocycles. The number of unbranched alkanes of at least 4 members (excludes halogenated alkanes) is 26. The lowest BCUT2D eigenvalue weighted by molar-refractivity contribution is -0.379. The second-order valence-corrected chi connectivity index (χ2v) is 28.1. The minimum Gasteiger partial charge on any atom is -0.394 e. The summed E-state index contributed by atoms with van der Waals surface area (Å²) in [4.78, 5) is 13.4. The summed E-state index contributed by atoms with van der Waals surface area (Å²) < 4.78 is 34.4. The quantitative estimate of drug-likeness (QED) is 0.0199. The molecule has 3 fully saturated rings. The molecule has 3 aliphatic rings. The van der Waals surface area contributed by atoms with Gasteiger partial charge in [-0.2, -0.15) is 0 Å². The van der Waals surface area contributed by atoms with Crippen molar-refractivity contribution < 1.29 is 89.4 Å². The van der Waals surface area contributed by atoms with Gasteiger partial charge in [0.05, 0.1) is 38.6 Å². The molecule has 1 amide bonds. The standard InChI is InChI=1S/C85H143NO18/c1-3-5-7-9-11-13-15-17-19-21-23-25-27-29-31-33-35-36-38-40-42-44-46-48-50-52-54-56-58-60-62-69(90)68(86-73(91)63-61-59-57-55-53-51-49-47-45-43-41-39-37-34-32-30-28-26-24-22-20-18-16-14-12-10-8-6-4-2)67-99-83-79(97)76(94)81(71(65-88)101-83)104-85-80(98)77(95)82(72(66-89)102-85)103-84-78(96)75(93)74(92)70(64-87)100-84/h6,8,12,14,18,20,24,26,30,32,37,39,43,45,49,51-52,54-55,57,60,62,68-72,74-85,87-90,92-98H,3-5,7,9-11,13,15-17,19,21-23,25,27-29,31,33-36,38,40-42,44,46-48,50,53,56,58-59,61,63-67H2,1-2H3,(H,86,91)/b8-6-,14-12-,20-18-,26-24-,32-30-,39-37-,45-43-,51-49-,54-52+,57-55-,62-60+. The van der Waals surface area contributed by atoms with Gasteiger partial charge in [0.15, 0.2) is 18.9 Å². The summed E-state index contributed by atoms with van der Waals surface area (Å²) in [6.07, 6.45) is 64.5. The van der Waals surface area contributed by atoms with E-state index >= 15 is 0 Å². The lowest BCUT2D eigenvalue weighted by Crippen LogP contribution is -2.66. The molecule has 0 aromatic rings. The van der Waals surface area contributed by atoms with Gasteiger partial charge in [0.2, 0.25) is 5.91 Å². The van der Waals surface area contributed by atoms with Gasteiger partial charge in [-0.05, 0) is 96.3 Å². The smallest absolute Gasteiger partial charge is 0.220 e. The van der Waals surface area contributed by atoms with E-state index in [-0.39, 0.29) is 12.3 Å². The number of hydrogen-bond acceptors (Lipinski definition) is 18. The van der Waals surface area contributed by atoms with E-state index in [2.05, 4.69) is 135 Å². The lowest BCUT2D eigenvalue weighted by Gasteiger charge is -2.48. The molecule has 0 aliphatic carbocycles. The number of allylic oxidation sites excluding steroid dienone is 21. The molecule has 3 rings (SSSR count). The maximum Gasteiger partial charge on any atom is 0.220 e. The van der Waals surface area contributed by atoms with Crippen LogP contribution in [-0.4, -0.2) is 193 Å². The second-order valence-electron chi connectivity index (χ2n) is 28.1. The summed E-state index contributed by atoms with van der Waals surface area (Å²) >= 11 is 0. The van der Waals surface area contributed by atoms with Gasteiger partial charge in [-0.15, -0.1) is 0 Å². The highest BCUT2D eigenvalue weighted by Crippen LogP contribution is 2.33. The Labute approximate surface area is 626 Å². The molecule has 596 valence electrons. The van der Waals surface area contributed by atoms with Crippen molar-refractivity contribution in [1.29, 1.82) is 0 Å². The first kappa shape index (κ1) is 94.1. The van der Waals surface area contributed by atoms with Gasteiger partial charge in [-0.1, -0.05) is 295 Å². The number of ether oxygens (including phenoxy) is 6. The minimum absolute atomic E-state index is 0.146. The van der Waals surface area contributed by atoms with Crippen molar-refractivity contribution in [3.63, 3.8) is 0 Å². The fourth-order valence-electron chi connectivity index (χ4n) is 12.7. The molecule has 0 aromatic heterocycles. The van der Waals surface area contributed by atoms with Crippen LogP contribution < -0.4 is 5.32 Å². The fraction of sp³-hybridized carbons (Fsp3) is 0.729. The third kappa shape index (κ3) is 43.2. The summed E-state index contributed by atoms with van der Waals surface area (Å²) in [6.45, 7) is 1.57. The first-order valence-electron chi connectivity index (χ1n) is 40.4. The van der Waals surface area contributed by atoms with Gasteiger partial charge < -0.3 is 89.9 Å². The monoisotopic (exact) mass is 1470 g/mol. The van der Waals surface area contributed by atoms with E-state index in [1.807, 2.05) is 12.2 Å². The molecule has 3 aliphatic heterocycles. The van der Waals surface area contributed by atoms with Crippen molar-refractivity contribution in [2.24, 2.45) is 0 Å². The van der Waals surface area contributed by atoms with Crippen LogP contribution in [0.3, 0.4) is 0 Å². The van der Waals surface area contributed by atoms with Crippen molar-refractivity contribution in [1.82, 2.24) is 5.32 Å². The minimum atomic E-state index is -1.99. The van der Waals surface area contributed by atoms with Crippen molar-refractivity contribution in [2.45, 2.75) is 369 Å². The average molecular weight is 1470 g/mol. The molecular weight excluding hydrogens is 1320 g/mol. The van der Waals surface area contributed by atoms with Gasteiger partial charge in [-0.25, -0.2) is 0 Å². The molecule has 17 atom stereocenters. The molecular formula is C85H143NO18. The number of carbonyl (C=O) groups is 1. The van der Waals surface area contributed by atoms with Gasteiger partial charge in [0.1, 0.15) is 73.2 Å². The number of hydrogen-bond donors (Lipinski definition) is 12. The van der Waals surface area contributed by atoms with Crippen molar-refractivity contribution in [3.8, 4) is 0 Å². The van der Waals surface area contributed by atoms with Crippen LogP contribution in [0.25, 0.3) is 0 Å². The summed E-state index contributed by atoms with van der Waals surface area (Å²) in [5.41, 5.74) is 0. The largest absolute Gasteiger partial charge is 0.394 e. The van der Waals surface area contributed by atoms with Crippen LogP contribution >= 0.6 is 0 Å². The van der Waals surface area contributed by atoms with E-state index < -0.39 is 131 Å². The van der Waals surface area contributed by atoms with Crippen LogP contribution in [0, 0.1) is 0 Å². The van der Waals surface area contributed by atoms with E-state index in [1.54, 1.807) is 6.08 Å². The molecule has 3 heterocycles. The van der Waals surface area contributed by atoms with E-state index in [1.165, 1.54) is 148 Å². The molecule has 0 saturated carbocycles. The van der Waals surface area contributed by atoms with Crippen molar-refractivity contribution in [2.75, 3.05) is 26.4 Å². The van der Waals surface area contributed by atoms with Gasteiger partial charge in [0, 0.05) is 6.42 Å². The van der Waals surface area contributed by atoms with E-state index in [0.717, 1.165) is 77.0 Å². The Kier molecular flexibility index (Phi) is 57.8. The summed E-state index contributed by atoms with van der Waals surface area (Å²) in [5.74, 6) is -0.346. The normalized spacial score (nSPS) is 26.6. The first-order valence-corrected chi connectivity index (χ1v) is 40.4. The van der Waals surface area contributed by atoms with Crippen LogP contribution in [0.2, 0.25) is 0 Å². The molecule has 3 saturated heterocycles. The third-order valence-corrected chi connectivity index (χ3v) is 19.2. The average Bonchev–Trinajstić information content (AvgIpc) is 0.781. The molecule has 0 radical (unpaired) electrons. The zero-order valence-corrected chi connectivity index (χ0v) is 63.7. The van der Waals surface area contributed by atoms with E-state index in [9.17, 15) is 61.0 Å². The number of aliphatic hydroxyl groups excluding tert-OH is 11. The highest BCUT2D eigenvalue weighted by atomic mass is 16.8. The maximum atomic E-state index is 13.4. The Bertz CT molecular complexity index is 2400. The zero-order chi connectivity index (χ0) is 75.3. The summed E-state index contributed by atoms with van der Waals surface area (Å²) in [5, 5.41) is 121. The highest BCUT2D eigenvalue weighted by Gasteiger charge is 2.54. The fourth-order valence-corrected chi connectivity index (χ4v) is 12.7. The Hall–Kier alpha value is -4.07. The first-order chi connectivity index (χ1) is 50.8. The number of amides is 1. The predicted octanol–water partition coefficient (Wildman–Crippen LogP) is 13.7. The number of rotatable bonds is 62. The third-order valence-electron chi connectivity index (χ3n) is 19.2. The van der Waals surface area contributed by atoms with E-state index in [4.69, 9.17) is 28.4 Å². The SMILES string of the molecule is CC/C=C\C/C=C\C/C=C\C/C=C\C/C=C\C/C=C\C/C=C\C/C=C\C/C=C\CCCC(=O)NC(COC1OC(CO)C(OC2OC(CO)C(OC3OC(CO)C(O)C(O)C3O)C(O)C2O)C(O)C1O)C(O)/C=C/CC/C=C/CCCCCCCCCCCCCCCCCCCCCCCCCC. The number of carbonyl (C=O) groups excluding carboxylic acids is 1. The molecule has 12 N–H and O–H groups in total. The molecule has 0 spiro atoms. The van der Waals surface area contributed by atoms with Gasteiger partial charge >= 0.3 is 0 Å². The Morgan fingerprint density at radius 1 is 0.356 bits per heavy atom. The predicted molar refractivity (Wildman–Crippen MR) is 415 cm³/mol. The topological polar surface area (TPSA) is 307 Å². The van der Waals surface area contributed by atoms with Crippen LogP contribution in [0.4, 0.5) is 0 Å². The Morgan fingerprint density at radius 2 is 0.673 bits per heavy atom. The molecule has 19 heteroatoms.